The standard InChI is InChI=1S/C25H23N5O3S/c1-4-29-19-8-6-5-7-17(19)23(24(29)32)28-30-20(14-34-25(30)26-12-15(2)3)16-9-10-21-18(11-16)27-22(31)13-33-21/h5-11,14H,2,4,12-13H2,1,3H3,(H,27,31). The number of fused-ring (bicyclic) bond motifs is 2. The number of likely N-dealkylation sites (N-methyl/N-ethyl adjacent to an activating group) is 1. The fourth-order valence-electron chi connectivity index (χ4n) is 3.92. The van der Waals surface area contributed by atoms with Gasteiger partial charge in [-0.25, -0.2) is 4.68 Å². The van der Waals surface area contributed by atoms with Crippen LogP contribution >= 0.6 is 11.3 Å². The summed E-state index contributed by atoms with van der Waals surface area (Å²) in [6, 6.07) is 13.2. The van der Waals surface area contributed by atoms with Gasteiger partial charge >= 0.3 is 0 Å². The van der Waals surface area contributed by atoms with E-state index in [0.717, 1.165) is 28.1 Å². The van der Waals surface area contributed by atoms with E-state index in [0.29, 0.717) is 35.0 Å². The van der Waals surface area contributed by atoms with Gasteiger partial charge in [-0.15, -0.1) is 11.3 Å². The Labute approximate surface area is 200 Å². The highest BCUT2D eigenvalue weighted by Gasteiger charge is 2.33. The molecule has 3 heterocycles. The Hall–Kier alpha value is -3.98. The number of carbonyl (C=O) groups is 2. The highest BCUT2D eigenvalue weighted by Crippen LogP contribution is 2.34. The molecule has 2 amide bonds. The molecule has 0 unspecified atom stereocenters. The molecule has 0 saturated heterocycles. The quantitative estimate of drug-likeness (QED) is 0.574. The lowest BCUT2D eigenvalue weighted by molar-refractivity contribution is -0.118. The van der Waals surface area contributed by atoms with Crippen molar-refractivity contribution < 1.29 is 14.3 Å². The zero-order valence-corrected chi connectivity index (χ0v) is 19.7. The fraction of sp³-hybridized carbons (Fsp3) is 0.200. The van der Waals surface area contributed by atoms with Gasteiger partial charge < -0.3 is 15.0 Å². The number of para-hydroxylation sites is 1. The van der Waals surface area contributed by atoms with Crippen LogP contribution in [0.5, 0.6) is 5.75 Å². The van der Waals surface area contributed by atoms with E-state index >= 15 is 0 Å². The number of hydrogen-bond donors (Lipinski definition) is 1. The predicted octanol–water partition coefficient (Wildman–Crippen LogP) is 3.64. The summed E-state index contributed by atoms with van der Waals surface area (Å²) in [7, 11) is 0. The van der Waals surface area contributed by atoms with E-state index < -0.39 is 0 Å². The average molecular weight is 474 g/mol. The number of thiazole rings is 1. The molecule has 9 heteroatoms. The molecule has 0 radical (unpaired) electrons. The van der Waals surface area contributed by atoms with Gasteiger partial charge in [0.25, 0.3) is 11.8 Å². The number of benzene rings is 2. The van der Waals surface area contributed by atoms with Crippen LogP contribution in [0.2, 0.25) is 0 Å². The molecule has 0 spiro atoms. The molecule has 5 rings (SSSR count). The van der Waals surface area contributed by atoms with Crippen LogP contribution in [0.3, 0.4) is 0 Å². The molecule has 2 aliphatic rings. The molecule has 0 bridgehead atoms. The van der Waals surface area contributed by atoms with Gasteiger partial charge in [-0.3, -0.25) is 14.6 Å². The van der Waals surface area contributed by atoms with Crippen LogP contribution in [-0.2, 0) is 9.59 Å². The zero-order chi connectivity index (χ0) is 23.8. The van der Waals surface area contributed by atoms with Crippen molar-refractivity contribution in [3.63, 3.8) is 0 Å². The number of nitrogens with zero attached hydrogens (tertiary/aromatic N) is 4. The molecule has 1 N–H and O–H groups in total. The van der Waals surface area contributed by atoms with Crippen molar-refractivity contribution in [1.29, 1.82) is 0 Å². The molecule has 1 aromatic heterocycles. The van der Waals surface area contributed by atoms with Gasteiger partial charge in [0.05, 0.1) is 23.6 Å². The Kier molecular flexibility index (Phi) is 5.62. The number of aromatic nitrogens is 1. The van der Waals surface area contributed by atoms with Crippen LogP contribution < -0.4 is 19.8 Å². The second-order valence-corrected chi connectivity index (χ2v) is 8.89. The Morgan fingerprint density at radius 1 is 1.24 bits per heavy atom. The third-order valence-electron chi connectivity index (χ3n) is 5.49. The highest BCUT2D eigenvalue weighted by molar-refractivity contribution is 7.07. The van der Waals surface area contributed by atoms with E-state index in [1.807, 2.05) is 61.7 Å². The van der Waals surface area contributed by atoms with Gasteiger partial charge in [-0.1, -0.05) is 30.4 Å². The molecule has 3 aromatic rings. The number of amides is 2. The summed E-state index contributed by atoms with van der Waals surface area (Å²) in [4.78, 5) is 32.1. The first-order chi connectivity index (χ1) is 16.5. The van der Waals surface area contributed by atoms with Gasteiger partial charge in [0.15, 0.2) is 12.3 Å². The van der Waals surface area contributed by atoms with E-state index in [-0.39, 0.29) is 18.4 Å². The van der Waals surface area contributed by atoms with Gasteiger partial charge in [0.1, 0.15) is 5.75 Å². The molecule has 0 fully saturated rings. The lowest BCUT2D eigenvalue weighted by Crippen LogP contribution is -2.30. The minimum absolute atomic E-state index is 0.00215. The van der Waals surface area contributed by atoms with Gasteiger partial charge in [0.2, 0.25) is 4.80 Å². The first kappa shape index (κ1) is 21.8. The minimum Gasteiger partial charge on any atom is -0.482 e. The second kappa shape index (κ2) is 8.75. The van der Waals surface area contributed by atoms with Crippen molar-refractivity contribution in [2.75, 3.05) is 29.9 Å². The summed E-state index contributed by atoms with van der Waals surface area (Å²) in [5.74, 6) is 0.264. The molecular weight excluding hydrogens is 450 g/mol. The van der Waals surface area contributed by atoms with Gasteiger partial charge in [-0.2, -0.15) is 5.10 Å². The summed E-state index contributed by atoms with van der Waals surface area (Å²) in [5.41, 5.74) is 5.08. The molecule has 0 atom stereocenters. The normalized spacial score (nSPS) is 16.4. The number of carbonyl (C=O) groups excluding carboxylic acids is 2. The molecule has 172 valence electrons. The minimum atomic E-state index is -0.201. The number of rotatable bonds is 5. The first-order valence-corrected chi connectivity index (χ1v) is 11.8. The maximum atomic E-state index is 13.2. The number of hydrogen-bond acceptors (Lipinski definition) is 6. The Balaban J connectivity index is 1.68. The van der Waals surface area contributed by atoms with Crippen LogP contribution in [-0.4, -0.2) is 41.9 Å². The average Bonchev–Trinajstić information content (AvgIpc) is 3.35. The third kappa shape index (κ3) is 3.84. The largest absolute Gasteiger partial charge is 0.482 e. The maximum Gasteiger partial charge on any atom is 0.279 e. The second-order valence-electron chi connectivity index (χ2n) is 8.05. The highest BCUT2D eigenvalue weighted by atomic mass is 32.1. The third-order valence-corrected chi connectivity index (χ3v) is 6.35. The lowest BCUT2D eigenvalue weighted by atomic mass is 10.1. The molecular formula is C25H23N5O3S. The molecule has 0 aliphatic carbocycles. The summed E-state index contributed by atoms with van der Waals surface area (Å²) in [6.07, 6.45) is 0. The van der Waals surface area contributed by atoms with Crippen molar-refractivity contribution >= 4 is 40.2 Å². The Bertz CT molecular complexity index is 1430. The zero-order valence-electron chi connectivity index (χ0n) is 18.9. The molecule has 0 saturated carbocycles. The summed E-state index contributed by atoms with van der Waals surface area (Å²) < 4.78 is 7.19. The van der Waals surface area contributed by atoms with Gasteiger partial charge in [0, 0.05) is 23.1 Å². The van der Waals surface area contributed by atoms with Crippen molar-refractivity contribution in [3.05, 3.63) is 70.4 Å². The van der Waals surface area contributed by atoms with Crippen LogP contribution in [0.15, 0.2) is 70.1 Å². The van der Waals surface area contributed by atoms with Crippen LogP contribution in [0, 0.1) is 0 Å². The van der Waals surface area contributed by atoms with Crippen LogP contribution in [0.1, 0.15) is 19.4 Å². The van der Waals surface area contributed by atoms with E-state index in [9.17, 15) is 9.59 Å². The summed E-state index contributed by atoms with van der Waals surface area (Å²) in [6.45, 7) is 8.79. The van der Waals surface area contributed by atoms with E-state index in [1.165, 1.54) is 11.3 Å². The number of nitrogens with one attached hydrogen (secondary N) is 1. The lowest BCUT2D eigenvalue weighted by Gasteiger charge is -2.18. The van der Waals surface area contributed by atoms with E-state index in [2.05, 4.69) is 16.9 Å². The predicted molar refractivity (Wildman–Crippen MR) is 134 cm³/mol. The van der Waals surface area contributed by atoms with Crippen molar-refractivity contribution in [3.8, 4) is 17.0 Å². The van der Waals surface area contributed by atoms with Gasteiger partial charge in [-0.05, 0) is 38.1 Å². The van der Waals surface area contributed by atoms with Crippen molar-refractivity contribution in [1.82, 2.24) is 4.68 Å². The number of anilines is 2. The van der Waals surface area contributed by atoms with Crippen LogP contribution in [0.4, 0.5) is 11.4 Å². The SMILES string of the molecule is C=C(C)CN=c1scc(-c2ccc3c(c2)NC(=O)CO3)n1N=C1C(=O)N(CC)c2ccccc21. The summed E-state index contributed by atoms with van der Waals surface area (Å²) >= 11 is 1.43. The maximum absolute atomic E-state index is 13.2. The Morgan fingerprint density at radius 2 is 2.06 bits per heavy atom. The molecule has 2 aromatic carbocycles. The van der Waals surface area contributed by atoms with E-state index in [1.54, 1.807) is 9.58 Å². The fourth-order valence-corrected chi connectivity index (χ4v) is 4.75. The smallest absolute Gasteiger partial charge is 0.279 e. The molecule has 2 aliphatic heterocycles. The first-order valence-electron chi connectivity index (χ1n) is 10.9. The van der Waals surface area contributed by atoms with E-state index in [4.69, 9.17) is 9.84 Å². The molecule has 8 nitrogen and oxygen atoms in total. The van der Waals surface area contributed by atoms with Crippen molar-refractivity contribution in [2.24, 2.45) is 10.1 Å². The topological polar surface area (TPSA) is 88.3 Å². The summed E-state index contributed by atoms with van der Waals surface area (Å²) in [5, 5.41) is 9.61. The van der Waals surface area contributed by atoms with Crippen molar-refractivity contribution in [2.45, 2.75) is 13.8 Å². The molecule has 34 heavy (non-hydrogen) atoms. The Morgan fingerprint density at radius 3 is 2.85 bits per heavy atom. The monoisotopic (exact) mass is 473 g/mol. The van der Waals surface area contributed by atoms with Crippen LogP contribution in [0.25, 0.3) is 11.3 Å². The number of ether oxygens (including phenoxy) is 1.